The average Bonchev–Trinajstić information content (AvgIpc) is 2.97. The van der Waals surface area contributed by atoms with E-state index in [1.807, 2.05) is 0 Å². The topological polar surface area (TPSA) is 49.3 Å². The molecule has 3 aliphatic rings. The highest BCUT2D eigenvalue weighted by molar-refractivity contribution is 5.72. The van der Waals surface area contributed by atoms with Crippen molar-refractivity contribution >= 4 is 5.97 Å². The number of nitrogens with one attached hydrogen (secondary N) is 1. The Morgan fingerprint density at radius 1 is 1.27 bits per heavy atom. The Hall–Kier alpha value is -0.570. The van der Waals surface area contributed by atoms with E-state index in [4.69, 9.17) is 5.11 Å². The van der Waals surface area contributed by atoms with Crippen molar-refractivity contribution < 1.29 is 9.90 Å². The van der Waals surface area contributed by atoms with Crippen LogP contribution in [-0.4, -0.2) is 23.7 Å². The van der Waals surface area contributed by atoms with Crippen LogP contribution in [0.3, 0.4) is 0 Å². The summed E-state index contributed by atoms with van der Waals surface area (Å²) in [4.78, 5) is 10.8. The van der Waals surface area contributed by atoms with Gasteiger partial charge in [0.25, 0.3) is 0 Å². The Balaban J connectivity index is 1.48. The van der Waals surface area contributed by atoms with Crippen LogP contribution >= 0.6 is 0 Å². The van der Waals surface area contributed by atoms with Crippen LogP contribution in [-0.2, 0) is 4.79 Å². The number of rotatable bonds is 5. The molecule has 3 aliphatic carbocycles. The maximum Gasteiger partial charge on any atom is 0.308 e. The van der Waals surface area contributed by atoms with E-state index in [2.05, 4.69) is 5.32 Å². The van der Waals surface area contributed by atoms with Gasteiger partial charge in [-0.3, -0.25) is 4.79 Å². The summed E-state index contributed by atoms with van der Waals surface area (Å²) < 4.78 is 0. The lowest BCUT2D eigenvalue weighted by Crippen LogP contribution is -2.49. The van der Waals surface area contributed by atoms with Gasteiger partial charge in [-0.15, -0.1) is 0 Å². The second kappa shape index (κ2) is 3.21. The summed E-state index contributed by atoms with van der Waals surface area (Å²) in [6.07, 6.45) is 7.48. The number of aliphatic carboxylic acids is 1. The molecule has 3 fully saturated rings. The highest BCUT2D eigenvalue weighted by Crippen LogP contribution is 2.61. The van der Waals surface area contributed by atoms with E-state index >= 15 is 0 Å². The number of hydrogen-bond donors (Lipinski definition) is 2. The van der Waals surface area contributed by atoms with E-state index in [0.717, 1.165) is 25.3 Å². The van der Waals surface area contributed by atoms with Crippen LogP contribution < -0.4 is 5.32 Å². The Morgan fingerprint density at radius 3 is 2.40 bits per heavy atom. The molecule has 2 unspecified atom stereocenters. The van der Waals surface area contributed by atoms with Crippen LogP contribution in [0.1, 0.15) is 38.5 Å². The first kappa shape index (κ1) is 9.64. The third-order valence-electron chi connectivity index (χ3n) is 4.64. The Labute approximate surface area is 90.2 Å². The number of carboxylic acids is 1. The van der Waals surface area contributed by atoms with E-state index in [-0.39, 0.29) is 12.0 Å². The molecule has 0 aliphatic heterocycles. The van der Waals surface area contributed by atoms with E-state index < -0.39 is 5.97 Å². The predicted octanol–water partition coefficient (Wildman–Crippen LogP) is 1.63. The number of carboxylic acid groups (broad SMARTS) is 1. The number of hydrogen-bond acceptors (Lipinski definition) is 2. The maximum atomic E-state index is 10.8. The normalized spacial score (nSPS) is 37.1. The molecule has 0 aromatic rings. The lowest BCUT2D eigenvalue weighted by molar-refractivity contribution is -0.146. The van der Waals surface area contributed by atoms with Gasteiger partial charge < -0.3 is 10.4 Å². The lowest BCUT2D eigenvalue weighted by Gasteiger charge is -2.35. The molecule has 0 radical (unpaired) electrons. The number of carbonyl (C=O) groups is 1. The summed E-state index contributed by atoms with van der Waals surface area (Å²) in [6.45, 7) is 1.08. The zero-order chi connectivity index (χ0) is 10.5. The quantitative estimate of drug-likeness (QED) is 0.723. The van der Waals surface area contributed by atoms with Crippen molar-refractivity contribution in [2.45, 2.75) is 44.6 Å². The van der Waals surface area contributed by atoms with Crippen molar-refractivity contribution in [3.8, 4) is 0 Å². The predicted molar refractivity (Wildman–Crippen MR) is 56.5 cm³/mol. The van der Waals surface area contributed by atoms with Gasteiger partial charge in [0.1, 0.15) is 0 Å². The zero-order valence-electron chi connectivity index (χ0n) is 9.04. The highest BCUT2D eigenvalue weighted by atomic mass is 16.4. The first-order valence-electron chi connectivity index (χ1n) is 6.17. The SMILES string of the molecule is O=C(O)C1CCC1NCC1(C2CC2)CC1. The summed E-state index contributed by atoms with van der Waals surface area (Å²) in [5.74, 6) is 0.239. The minimum atomic E-state index is -0.616. The fraction of sp³-hybridized carbons (Fsp3) is 0.917. The second-order valence-corrected chi connectivity index (χ2v) is 5.65. The van der Waals surface area contributed by atoms with Crippen LogP contribution in [0.4, 0.5) is 0 Å². The summed E-state index contributed by atoms with van der Waals surface area (Å²) in [5, 5.41) is 12.4. The molecule has 15 heavy (non-hydrogen) atoms. The molecule has 3 saturated carbocycles. The minimum Gasteiger partial charge on any atom is -0.481 e. The maximum absolute atomic E-state index is 10.8. The van der Waals surface area contributed by atoms with Crippen molar-refractivity contribution in [2.24, 2.45) is 17.3 Å². The molecule has 0 spiro atoms. The highest BCUT2D eigenvalue weighted by Gasteiger charge is 2.53. The van der Waals surface area contributed by atoms with Gasteiger partial charge in [0.2, 0.25) is 0 Å². The van der Waals surface area contributed by atoms with Crippen LogP contribution in [0.2, 0.25) is 0 Å². The summed E-state index contributed by atoms with van der Waals surface area (Å²) >= 11 is 0. The van der Waals surface area contributed by atoms with E-state index in [1.54, 1.807) is 0 Å². The molecule has 3 rings (SSSR count). The van der Waals surface area contributed by atoms with Crippen molar-refractivity contribution in [1.82, 2.24) is 5.32 Å². The monoisotopic (exact) mass is 209 g/mol. The van der Waals surface area contributed by atoms with Gasteiger partial charge in [-0.05, 0) is 49.9 Å². The molecular formula is C12H19NO2. The van der Waals surface area contributed by atoms with Crippen LogP contribution in [0.5, 0.6) is 0 Å². The van der Waals surface area contributed by atoms with E-state index in [0.29, 0.717) is 5.41 Å². The Morgan fingerprint density at radius 2 is 2.00 bits per heavy atom. The third kappa shape index (κ3) is 1.67. The summed E-state index contributed by atoms with van der Waals surface area (Å²) in [5.41, 5.74) is 0.596. The van der Waals surface area contributed by atoms with E-state index in [9.17, 15) is 4.79 Å². The van der Waals surface area contributed by atoms with Crippen molar-refractivity contribution in [3.63, 3.8) is 0 Å². The molecule has 2 N–H and O–H groups in total. The molecule has 3 nitrogen and oxygen atoms in total. The molecule has 0 saturated heterocycles. The van der Waals surface area contributed by atoms with Gasteiger partial charge in [-0.1, -0.05) is 0 Å². The first-order chi connectivity index (χ1) is 7.21. The van der Waals surface area contributed by atoms with E-state index in [1.165, 1.54) is 25.7 Å². The molecule has 0 amide bonds. The van der Waals surface area contributed by atoms with Gasteiger partial charge in [0, 0.05) is 12.6 Å². The second-order valence-electron chi connectivity index (χ2n) is 5.65. The fourth-order valence-electron chi connectivity index (χ4n) is 2.96. The molecular weight excluding hydrogens is 190 g/mol. The summed E-state index contributed by atoms with van der Waals surface area (Å²) in [7, 11) is 0. The smallest absolute Gasteiger partial charge is 0.308 e. The van der Waals surface area contributed by atoms with Crippen molar-refractivity contribution in [3.05, 3.63) is 0 Å². The molecule has 84 valence electrons. The molecule has 3 heteroatoms. The largest absolute Gasteiger partial charge is 0.481 e. The molecule has 2 atom stereocenters. The van der Waals surface area contributed by atoms with Crippen molar-refractivity contribution in [2.75, 3.05) is 6.54 Å². The third-order valence-corrected chi connectivity index (χ3v) is 4.64. The summed E-state index contributed by atoms with van der Waals surface area (Å²) in [6, 6.07) is 0.263. The van der Waals surface area contributed by atoms with Crippen LogP contribution in [0.25, 0.3) is 0 Å². The first-order valence-corrected chi connectivity index (χ1v) is 6.17. The average molecular weight is 209 g/mol. The fourth-order valence-corrected chi connectivity index (χ4v) is 2.96. The van der Waals surface area contributed by atoms with Gasteiger partial charge in [-0.2, -0.15) is 0 Å². The van der Waals surface area contributed by atoms with Gasteiger partial charge >= 0.3 is 5.97 Å². The van der Waals surface area contributed by atoms with Crippen molar-refractivity contribution in [1.29, 1.82) is 0 Å². The van der Waals surface area contributed by atoms with Gasteiger partial charge in [0.05, 0.1) is 5.92 Å². The Bertz CT molecular complexity index is 281. The molecule has 0 aromatic carbocycles. The van der Waals surface area contributed by atoms with Gasteiger partial charge in [0.15, 0.2) is 0 Å². The Kier molecular flexibility index (Phi) is 2.06. The van der Waals surface area contributed by atoms with Gasteiger partial charge in [-0.25, -0.2) is 0 Å². The van der Waals surface area contributed by atoms with Crippen LogP contribution in [0.15, 0.2) is 0 Å². The standard InChI is InChI=1S/C12H19NO2/c14-11(15)9-3-4-10(9)13-7-12(5-6-12)8-1-2-8/h8-10,13H,1-7H2,(H,14,15). The minimum absolute atomic E-state index is 0.111. The zero-order valence-corrected chi connectivity index (χ0v) is 9.04. The molecule has 0 heterocycles. The lowest BCUT2D eigenvalue weighted by atomic mass is 9.79. The molecule has 0 aromatic heterocycles. The molecule has 0 bridgehead atoms. The van der Waals surface area contributed by atoms with Crippen LogP contribution in [0, 0.1) is 17.3 Å².